The van der Waals surface area contributed by atoms with Crippen LogP contribution in [0.25, 0.3) is 0 Å². The van der Waals surface area contributed by atoms with Crippen molar-refractivity contribution >= 4 is 11.9 Å². The van der Waals surface area contributed by atoms with Gasteiger partial charge in [-0.25, -0.2) is 0 Å². The lowest BCUT2D eigenvalue weighted by atomic mass is 10.1. The Morgan fingerprint density at radius 2 is 1.67 bits per heavy atom. The molecule has 2 atom stereocenters. The summed E-state index contributed by atoms with van der Waals surface area (Å²) in [5.41, 5.74) is 10.0. The maximum absolute atomic E-state index is 10.1. The molecule has 6 heteroatoms. The van der Waals surface area contributed by atoms with Gasteiger partial charge in [0.15, 0.2) is 0 Å². The van der Waals surface area contributed by atoms with E-state index in [2.05, 4.69) is 5.32 Å². The highest BCUT2D eigenvalue weighted by atomic mass is 16.4. The molecule has 0 saturated heterocycles. The zero-order valence-corrected chi connectivity index (χ0v) is 9.65. The Morgan fingerprint density at radius 1 is 1.27 bits per heavy atom. The molecule has 0 aliphatic rings. The lowest BCUT2D eigenvalue weighted by Crippen LogP contribution is -2.36. The largest absolute Gasteiger partial charge is 0.480 e. The molecule has 0 aliphatic heterocycles. The molecule has 0 aromatic heterocycles. The van der Waals surface area contributed by atoms with Crippen LogP contribution in [0.2, 0.25) is 0 Å². The van der Waals surface area contributed by atoms with Gasteiger partial charge in [0.2, 0.25) is 5.91 Å². The summed E-state index contributed by atoms with van der Waals surface area (Å²) in [7, 11) is 1.69. The molecule has 1 amide bonds. The van der Waals surface area contributed by atoms with Crippen molar-refractivity contribution in [2.45, 2.75) is 32.9 Å². The van der Waals surface area contributed by atoms with Crippen LogP contribution in [0.15, 0.2) is 0 Å². The van der Waals surface area contributed by atoms with Crippen molar-refractivity contribution in [1.82, 2.24) is 5.32 Å². The number of amides is 1. The van der Waals surface area contributed by atoms with Crippen molar-refractivity contribution in [3.05, 3.63) is 0 Å². The molecule has 0 fully saturated rings. The number of carboxylic acid groups (broad SMARTS) is 1. The van der Waals surface area contributed by atoms with Gasteiger partial charge in [-0.1, -0.05) is 13.8 Å². The normalized spacial score (nSPS) is 13.7. The first kappa shape index (κ1) is 16.3. The Bertz CT molecular complexity index is 207. The minimum absolute atomic E-state index is 0.0208. The lowest BCUT2D eigenvalue weighted by molar-refractivity contribution is -0.139. The van der Waals surface area contributed by atoms with Crippen LogP contribution >= 0.6 is 0 Å². The molecule has 0 aromatic rings. The fraction of sp³-hybridized carbons (Fsp3) is 0.778. The van der Waals surface area contributed by atoms with E-state index in [-0.39, 0.29) is 17.9 Å². The molecule has 15 heavy (non-hydrogen) atoms. The number of carbonyl (C=O) groups is 2. The summed E-state index contributed by atoms with van der Waals surface area (Å²) in [6, 6.07) is -0.921. The second kappa shape index (κ2) is 8.19. The zero-order valence-electron chi connectivity index (χ0n) is 9.65. The maximum Gasteiger partial charge on any atom is 0.320 e. The molecule has 0 aromatic carbocycles. The summed E-state index contributed by atoms with van der Waals surface area (Å²) in [4.78, 5) is 20.1. The van der Waals surface area contributed by atoms with E-state index in [0.717, 1.165) is 0 Å². The third-order valence-electron chi connectivity index (χ3n) is 1.86. The van der Waals surface area contributed by atoms with Crippen molar-refractivity contribution in [2.24, 2.45) is 17.4 Å². The molecule has 6 N–H and O–H groups in total. The summed E-state index contributed by atoms with van der Waals surface area (Å²) >= 11 is 0. The van der Waals surface area contributed by atoms with Crippen molar-refractivity contribution < 1.29 is 14.7 Å². The molecule has 0 spiro atoms. The fourth-order valence-electron chi connectivity index (χ4n) is 0.427. The molecule has 0 radical (unpaired) electrons. The number of aliphatic carboxylic acids is 1. The van der Waals surface area contributed by atoms with Gasteiger partial charge in [0.1, 0.15) is 6.04 Å². The van der Waals surface area contributed by atoms with Gasteiger partial charge in [-0.15, -0.1) is 0 Å². The quantitative estimate of drug-likeness (QED) is 0.490. The zero-order chi connectivity index (χ0) is 12.6. The predicted molar refractivity (Wildman–Crippen MR) is 58.2 cm³/mol. The minimum Gasteiger partial charge on any atom is -0.480 e. The Kier molecular flexibility index (Phi) is 8.90. The molecule has 1 unspecified atom stereocenters. The van der Waals surface area contributed by atoms with Crippen molar-refractivity contribution in [3.8, 4) is 0 Å². The van der Waals surface area contributed by atoms with E-state index in [0.29, 0.717) is 0 Å². The van der Waals surface area contributed by atoms with E-state index in [1.807, 2.05) is 0 Å². The minimum atomic E-state index is -0.931. The van der Waals surface area contributed by atoms with Gasteiger partial charge in [0.25, 0.3) is 0 Å². The van der Waals surface area contributed by atoms with Crippen LogP contribution in [0.1, 0.15) is 20.8 Å². The van der Waals surface area contributed by atoms with Gasteiger partial charge in [-0.05, 0) is 19.9 Å². The van der Waals surface area contributed by atoms with E-state index in [4.69, 9.17) is 16.6 Å². The molecular weight excluding hydrogens is 198 g/mol. The van der Waals surface area contributed by atoms with Gasteiger partial charge >= 0.3 is 5.97 Å². The van der Waals surface area contributed by atoms with Crippen LogP contribution in [0, 0.1) is 5.92 Å². The highest BCUT2D eigenvalue weighted by Crippen LogP contribution is 1.96. The fourth-order valence-corrected chi connectivity index (χ4v) is 0.427. The van der Waals surface area contributed by atoms with Crippen LogP contribution in [0.4, 0.5) is 0 Å². The van der Waals surface area contributed by atoms with Crippen LogP contribution in [-0.4, -0.2) is 36.1 Å². The number of carboxylic acids is 1. The predicted octanol–water partition coefficient (Wildman–Crippen LogP) is -0.866. The first-order chi connectivity index (χ1) is 6.73. The molecule has 6 nitrogen and oxygen atoms in total. The first-order valence-corrected chi connectivity index (χ1v) is 4.69. The summed E-state index contributed by atoms with van der Waals surface area (Å²) in [6.45, 7) is 5.26. The topological polar surface area (TPSA) is 118 Å². The third kappa shape index (κ3) is 9.17. The van der Waals surface area contributed by atoms with Crippen molar-refractivity contribution in [2.75, 3.05) is 7.05 Å². The Hall–Kier alpha value is -1.14. The van der Waals surface area contributed by atoms with Gasteiger partial charge < -0.3 is 21.9 Å². The molecule has 0 aliphatic carbocycles. The van der Waals surface area contributed by atoms with Gasteiger partial charge in [-0.2, -0.15) is 0 Å². The number of primary amides is 1. The molecule has 0 bridgehead atoms. The molecule has 0 saturated carbocycles. The van der Waals surface area contributed by atoms with Crippen molar-refractivity contribution in [1.29, 1.82) is 0 Å². The second-order valence-corrected chi connectivity index (χ2v) is 3.52. The number of nitrogens with one attached hydrogen (secondary N) is 1. The van der Waals surface area contributed by atoms with Crippen LogP contribution in [-0.2, 0) is 9.59 Å². The lowest BCUT2D eigenvalue weighted by Gasteiger charge is -2.07. The van der Waals surface area contributed by atoms with Gasteiger partial charge in [-0.3, -0.25) is 9.59 Å². The third-order valence-corrected chi connectivity index (χ3v) is 1.86. The molecule has 0 heterocycles. The highest BCUT2D eigenvalue weighted by molar-refractivity contribution is 5.79. The second-order valence-electron chi connectivity index (χ2n) is 3.52. The van der Waals surface area contributed by atoms with E-state index in [9.17, 15) is 9.59 Å². The SMILES string of the molecule is CC(C)[C@H](N)C(=O)O.CNC(C)C(N)=O. The average molecular weight is 219 g/mol. The monoisotopic (exact) mass is 219 g/mol. The molecule has 0 rings (SSSR count). The summed E-state index contributed by atoms with van der Waals surface area (Å²) in [5, 5.41) is 10.9. The van der Waals surface area contributed by atoms with Gasteiger partial charge in [0.05, 0.1) is 6.04 Å². The molecule has 90 valence electrons. The van der Waals surface area contributed by atoms with E-state index in [1.54, 1.807) is 27.8 Å². The van der Waals surface area contributed by atoms with E-state index < -0.39 is 12.0 Å². The standard InChI is InChI=1S/C5H11NO2.C4H10N2O/c1-3(2)4(6)5(7)8;1-3(6-2)4(5)7/h3-4H,6H2,1-2H3,(H,7,8);3,6H,1-2H3,(H2,5,7)/t4-;/m0./s1. The first-order valence-electron chi connectivity index (χ1n) is 4.69. The molecular formula is C9H21N3O3. The highest BCUT2D eigenvalue weighted by Gasteiger charge is 2.14. The number of hydrogen-bond acceptors (Lipinski definition) is 4. The van der Waals surface area contributed by atoms with Crippen molar-refractivity contribution in [3.63, 3.8) is 0 Å². The average Bonchev–Trinajstić information content (AvgIpc) is 2.15. The van der Waals surface area contributed by atoms with E-state index >= 15 is 0 Å². The maximum atomic E-state index is 10.1. The number of likely N-dealkylation sites (N-methyl/N-ethyl adjacent to an activating group) is 1. The van der Waals surface area contributed by atoms with E-state index in [1.165, 1.54) is 0 Å². The number of nitrogens with two attached hydrogens (primary N) is 2. The summed E-state index contributed by atoms with van der Waals surface area (Å²) in [5.74, 6) is -1.23. The number of hydrogen-bond donors (Lipinski definition) is 4. The Morgan fingerprint density at radius 3 is 1.67 bits per heavy atom. The summed E-state index contributed by atoms with van der Waals surface area (Å²) in [6.07, 6.45) is 0. The Labute approximate surface area is 90.0 Å². The smallest absolute Gasteiger partial charge is 0.320 e. The number of carbonyl (C=O) groups excluding carboxylic acids is 1. The number of rotatable bonds is 4. The Balaban J connectivity index is 0. The van der Waals surface area contributed by atoms with Crippen LogP contribution in [0.3, 0.4) is 0 Å². The summed E-state index contributed by atoms with van der Waals surface area (Å²) < 4.78 is 0. The van der Waals surface area contributed by atoms with Gasteiger partial charge in [0, 0.05) is 0 Å². The van der Waals surface area contributed by atoms with Crippen LogP contribution < -0.4 is 16.8 Å². The van der Waals surface area contributed by atoms with Crippen LogP contribution in [0.5, 0.6) is 0 Å².